The van der Waals surface area contributed by atoms with Crippen molar-refractivity contribution in [1.29, 1.82) is 0 Å². The Morgan fingerprint density at radius 2 is 2.25 bits per heavy atom. The fourth-order valence-corrected chi connectivity index (χ4v) is 2.76. The molecule has 1 aromatic rings. The normalized spacial score (nSPS) is 22.9. The first kappa shape index (κ1) is 14.7. The molecule has 5 nitrogen and oxygen atoms in total. The maximum absolute atomic E-state index is 13.5. The number of anilines is 1. The smallest absolute Gasteiger partial charge is 0.295 e. The average molecular weight is 281 g/mol. The van der Waals surface area contributed by atoms with Crippen molar-refractivity contribution in [3.8, 4) is 0 Å². The van der Waals surface area contributed by atoms with Gasteiger partial charge in [0.1, 0.15) is 11.5 Å². The van der Waals surface area contributed by atoms with E-state index in [1.54, 1.807) is 13.0 Å². The van der Waals surface area contributed by atoms with Crippen LogP contribution in [-0.4, -0.2) is 24.1 Å². The number of nitrogens with two attached hydrogens (primary N) is 1. The summed E-state index contributed by atoms with van der Waals surface area (Å²) in [5, 5.41) is 11.1. The van der Waals surface area contributed by atoms with Crippen molar-refractivity contribution < 1.29 is 9.31 Å². The predicted molar refractivity (Wildman–Crippen MR) is 76.4 cm³/mol. The minimum absolute atomic E-state index is 0.136. The first-order valence-electron chi connectivity index (χ1n) is 6.89. The molecule has 1 aliphatic heterocycles. The number of nitrogens with zero attached hydrogens (tertiary/aromatic N) is 2. The third kappa shape index (κ3) is 2.75. The number of rotatable bonds is 3. The largest absolute Gasteiger partial charge is 0.366 e. The number of piperidine rings is 1. The molecule has 1 heterocycles. The summed E-state index contributed by atoms with van der Waals surface area (Å²) in [5.74, 6) is -0.227. The summed E-state index contributed by atoms with van der Waals surface area (Å²) < 4.78 is 13.5. The molecule has 2 atom stereocenters. The number of halogens is 1. The third-order valence-corrected chi connectivity index (χ3v) is 4.11. The predicted octanol–water partition coefficient (Wildman–Crippen LogP) is 2.61. The number of nitro groups is 1. The molecule has 6 heteroatoms. The van der Waals surface area contributed by atoms with Crippen LogP contribution >= 0.6 is 0 Å². The van der Waals surface area contributed by atoms with E-state index in [0.29, 0.717) is 30.3 Å². The molecule has 0 aliphatic carbocycles. The molecule has 0 radical (unpaired) electrons. The van der Waals surface area contributed by atoms with E-state index in [-0.39, 0.29) is 11.7 Å². The molecule has 0 saturated carbocycles. The van der Waals surface area contributed by atoms with E-state index in [2.05, 4.69) is 6.92 Å². The highest BCUT2D eigenvalue weighted by molar-refractivity contribution is 5.65. The highest BCUT2D eigenvalue weighted by Gasteiger charge is 2.29. The number of hydrogen-bond donors (Lipinski definition) is 1. The number of hydrogen-bond acceptors (Lipinski definition) is 4. The number of benzene rings is 1. The summed E-state index contributed by atoms with van der Waals surface area (Å²) in [6.45, 7) is 5.04. The van der Waals surface area contributed by atoms with E-state index in [4.69, 9.17) is 5.73 Å². The first-order valence-corrected chi connectivity index (χ1v) is 6.89. The van der Waals surface area contributed by atoms with Gasteiger partial charge in [-0.3, -0.25) is 10.1 Å². The topological polar surface area (TPSA) is 72.4 Å². The van der Waals surface area contributed by atoms with Crippen molar-refractivity contribution in [1.82, 2.24) is 0 Å². The van der Waals surface area contributed by atoms with Gasteiger partial charge in [0.2, 0.25) is 0 Å². The molecule has 0 amide bonds. The van der Waals surface area contributed by atoms with Crippen molar-refractivity contribution in [2.24, 2.45) is 11.7 Å². The Balaban J connectivity index is 2.36. The Morgan fingerprint density at radius 3 is 2.85 bits per heavy atom. The van der Waals surface area contributed by atoms with Crippen LogP contribution in [0.2, 0.25) is 0 Å². The van der Waals surface area contributed by atoms with E-state index in [0.717, 1.165) is 18.9 Å². The molecule has 0 aromatic heterocycles. The molecule has 1 aliphatic rings. The maximum atomic E-state index is 13.5. The van der Waals surface area contributed by atoms with Crippen LogP contribution in [0.5, 0.6) is 0 Å². The molecule has 0 bridgehead atoms. The Hall–Kier alpha value is -1.69. The first-order chi connectivity index (χ1) is 9.43. The monoisotopic (exact) mass is 281 g/mol. The standard InChI is InChI=1S/C14H20FN3O2/c1-3-10-8-17(5-4-12(10)16)13-6-9(2)11(15)7-14(13)18(19)20/h6-7,10,12H,3-5,8,16H2,1-2H3. The molecule has 20 heavy (non-hydrogen) atoms. The Morgan fingerprint density at radius 1 is 1.55 bits per heavy atom. The minimum Gasteiger partial charge on any atom is -0.366 e. The van der Waals surface area contributed by atoms with Crippen LogP contribution in [0.1, 0.15) is 25.3 Å². The molecule has 2 N–H and O–H groups in total. The van der Waals surface area contributed by atoms with E-state index in [9.17, 15) is 14.5 Å². The average Bonchev–Trinajstić information content (AvgIpc) is 2.41. The van der Waals surface area contributed by atoms with Crippen LogP contribution in [0.3, 0.4) is 0 Å². The fourth-order valence-electron chi connectivity index (χ4n) is 2.76. The highest BCUT2D eigenvalue weighted by Crippen LogP contribution is 2.34. The lowest BCUT2D eigenvalue weighted by Crippen LogP contribution is -2.47. The number of nitro benzene ring substituents is 1. The Bertz CT molecular complexity index is 521. The van der Waals surface area contributed by atoms with Gasteiger partial charge in [-0.1, -0.05) is 13.3 Å². The van der Waals surface area contributed by atoms with Gasteiger partial charge in [-0.15, -0.1) is 0 Å². The lowest BCUT2D eigenvalue weighted by molar-refractivity contribution is -0.384. The lowest BCUT2D eigenvalue weighted by Gasteiger charge is -2.37. The molecular weight excluding hydrogens is 261 g/mol. The second-order valence-electron chi connectivity index (χ2n) is 5.41. The van der Waals surface area contributed by atoms with Crippen LogP contribution in [0, 0.1) is 28.8 Å². The van der Waals surface area contributed by atoms with Crippen LogP contribution in [-0.2, 0) is 0 Å². The van der Waals surface area contributed by atoms with E-state index in [1.807, 2.05) is 4.90 Å². The van der Waals surface area contributed by atoms with Gasteiger partial charge in [0.15, 0.2) is 0 Å². The van der Waals surface area contributed by atoms with Gasteiger partial charge in [0.05, 0.1) is 11.0 Å². The Labute approximate surface area is 117 Å². The zero-order chi connectivity index (χ0) is 14.9. The van der Waals surface area contributed by atoms with Crippen molar-refractivity contribution in [2.75, 3.05) is 18.0 Å². The maximum Gasteiger partial charge on any atom is 0.295 e. The third-order valence-electron chi connectivity index (χ3n) is 4.11. The van der Waals surface area contributed by atoms with Gasteiger partial charge in [-0.05, 0) is 30.9 Å². The van der Waals surface area contributed by atoms with E-state index in [1.165, 1.54) is 0 Å². The summed E-state index contributed by atoms with van der Waals surface area (Å²) in [4.78, 5) is 12.6. The molecule has 110 valence electrons. The quantitative estimate of drug-likeness (QED) is 0.682. The van der Waals surface area contributed by atoms with Gasteiger partial charge in [0, 0.05) is 19.1 Å². The van der Waals surface area contributed by atoms with Crippen LogP contribution in [0.4, 0.5) is 15.8 Å². The zero-order valence-electron chi connectivity index (χ0n) is 11.8. The van der Waals surface area contributed by atoms with Crippen LogP contribution in [0.15, 0.2) is 12.1 Å². The van der Waals surface area contributed by atoms with Crippen LogP contribution in [0.25, 0.3) is 0 Å². The fraction of sp³-hybridized carbons (Fsp3) is 0.571. The molecule has 0 spiro atoms. The van der Waals surface area contributed by atoms with Gasteiger partial charge in [0.25, 0.3) is 5.69 Å². The van der Waals surface area contributed by atoms with E-state index < -0.39 is 10.7 Å². The van der Waals surface area contributed by atoms with Gasteiger partial charge >= 0.3 is 0 Å². The van der Waals surface area contributed by atoms with Gasteiger partial charge < -0.3 is 10.6 Å². The molecular formula is C14H20FN3O2. The molecule has 1 aromatic carbocycles. The molecule has 1 fully saturated rings. The van der Waals surface area contributed by atoms with Crippen LogP contribution < -0.4 is 10.6 Å². The van der Waals surface area contributed by atoms with E-state index >= 15 is 0 Å². The summed E-state index contributed by atoms with van der Waals surface area (Å²) in [6.07, 6.45) is 1.73. The minimum atomic E-state index is -0.541. The second-order valence-corrected chi connectivity index (χ2v) is 5.41. The molecule has 1 saturated heterocycles. The second kappa shape index (κ2) is 5.75. The highest BCUT2D eigenvalue weighted by atomic mass is 19.1. The molecule has 2 unspecified atom stereocenters. The summed E-state index contributed by atoms with van der Waals surface area (Å²) >= 11 is 0. The molecule has 2 rings (SSSR count). The summed E-state index contributed by atoms with van der Waals surface area (Å²) in [6, 6.07) is 2.72. The summed E-state index contributed by atoms with van der Waals surface area (Å²) in [5.41, 5.74) is 6.82. The zero-order valence-corrected chi connectivity index (χ0v) is 11.8. The van der Waals surface area contributed by atoms with Crippen molar-refractivity contribution in [2.45, 2.75) is 32.7 Å². The van der Waals surface area contributed by atoms with Crippen molar-refractivity contribution >= 4 is 11.4 Å². The van der Waals surface area contributed by atoms with Gasteiger partial charge in [-0.25, -0.2) is 4.39 Å². The number of aryl methyl sites for hydroxylation is 1. The summed E-state index contributed by atoms with van der Waals surface area (Å²) in [7, 11) is 0. The lowest BCUT2D eigenvalue weighted by atomic mass is 9.90. The van der Waals surface area contributed by atoms with Gasteiger partial charge in [-0.2, -0.15) is 0 Å². The Kier molecular flexibility index (Phi) is 4.23. The van der Waals surface area contributed by atoms with Crippen molar-refractivity contribution in [3.63, 3.8) is 0 Å². The van der Waals surface area contributed by atoms with Crippen molar-refractivity contribution in [3.05, 3.63) is 33.6 Å². The SMILES string of the molecule is CCC1CN(c2cc(C)c(F)cc2[N+](=O)[O-])CCC1N.